The molecular formula is C14H12O5S. The monoisotopic (exact) mass is 292 g/mol. The third-order valence-corrected chi connectivity index (χ3v) is 3.71. The van der Waals surface area contributed by atoms with E-state index in [1.54, 1.807) is 25.1 Å². The maximum absolute atomic E-state index is 11.0. The highest BCUT2D eigenvalue weighted by atomic mass is 32.2. The van der Waals surface area contributed by atoms with E-state index in [0.29, 0.717) is 17.1 Å². The van der Waals surface area contributed by atoms with Crippen LogP contribution in [0.3, 0.4) is 0 Å². The number of hydrogen-bond donors (Lipinski definition) is 2. The zero-order valence-corrected chi connectivity index (χ0v) is 11.4. The molecule has 2 aromatic rings. The Morgan fingerprint density at radius 1 is 1.15 bits per heavy atom. The first-order chi connectivity index (χ1) is 9.47. The lowest BCUT2D eigenvalue weighted by atomic mass is 10.1. The molecule has 0 saturated carbocycles. The minimum atomic E-state index is -1.11. The summed E-state index contributed by atoms with van der Waals surface area (Å²) in [4.78, 5) is 22.5. The molecule has 0 atom stereocenters. The van der Waals surface area contributed by atoms with Gasteiger partial charge in [-0.1, -0.05) is 6.07 Å². The summed E-state index contributed by atoms with van der Waals surface area (Å²) in [5, 5.41) is 17.8. The molecule has 1 aromatic carbocycles. The highest BCUT2D eigenvalue weighted by molar-refractivity contribution is 7.98. The molecule has 0 radical (unpaired) electrons. The number of aryl methyl sites for hydroxylation is 1. The van der Waals surface area contributed by atoms with Gasteiger partial charge in [0.2, 0.25) is 5.76 Å². The summed E-state index contributed by atoms with van der Waals surface area (Å²) in [6.07, 6.45) is 0. The first-order valence-corrected chi connectivity index (χ1v) is 6.74. The maximum atomic E-state index is 11.0. The Kier molecular flexibility index (Phi) is 4.14. The van der Waals surface area contributed by atoms with Crippen LogP contribution in [0.25, 0.3) is 0 Å². The van der Waals surface area contributed by atoms with Gasteiger partial charge in [-0.2, -0.15) is 0 Å². The highest BCUT2D eigenvalue weighted by Crippen LogP contribution is 2.26. The Labute approximate surface area is 119 Å². The van der Waals surface area contributed by atoms with E-state index in [1.807, 2.05) is 6.07 Å². The summed E-state index contributed by atoms with van der Waals surface area (Å²) >= 11 is 1.39. The molecule has 2 rings (SSSR count). The van der Waals surface area contributed by atoms with Gasteiger partial charge in [-0.15, -0.1) is 11.8 Å². The van der Waals surface area contributed by atoms with Crippen LogP contribution in [0.2, 0.25) is 0 Å². The van der Waals surface area contributed by atoms with Crippen LogP contribution in [0.4, 0.5) is 0 Å². The number of hydrogen-bond acceptors (Lipinski definition) is 4. The van der Waals surface area contributed by atoms with Crippen LogP contribution in [0.1, 0.15) is 32.2 Å². The van der Waals surface area contributed by atoms with Gasteiger partial charge in [-0.05, 0) is 36.8 Å². The van der Waals surface area contributed by atoms with Gasteiger partial charge in [0.25, 0.3) is 0 Å². The average molecular weight is 292 g/mol. The van der Waals surface area contributed by atoms with Crippen molar-refractivity contribution in [3.05, 3.63) is 53.0 Å². The van der Waals surface area contributed by atoms with E-state index in [4.69, 9.17) is 14.6 Å². The van der Waals surface area contributed by atoms with Gasteiger partial charge in [0.1, 0.15) is 5.76 Å². The molecule has 0 fully saturated rings. The van der Waals surface area contributed by atoms with Crippen LogP contribution >= 0.6 is 11.8 Å². The van der Waals surface area contributed by atoms with Gasteiger partial charge in [0.05, 0.1) is 11.3 Å². The fraction of sp³-hybridized carbons (Fsp3) is 0.143. The van der Waals surface area contributed by atoms with Gasteiger partial charge < -0.3 is 14.6 Å². The van der Waals surface area contributed by atoms with Gasteiger partial charge in [-0.3, -0.25) is 0 Å². The number of benzene rings is 1. The molecule has 1 aromatic heterocycles. The Hall–Kier alpha value is -2.21. The second-order valence-electron chi connectivity index (χ2n) is 4.14. The number of carboxylic acid groups (broad SMARTS) is 2. The van der Waals surface area contributed by atoms with Crippen LogP contribution in [0, 0.1) is 6.92 Å². The lowest BCUT2D eigenvalue weighted by Gasteiger charge is -2.04. The van der Waals surface area contributed by atoms with Crippen molar-refractivity contribution in [3.63, 3.8) is 0 Å². The normalized spacial score (nSPS) is 10.4. The number of rotatable bonds is 5. The molecule has 20 heavy (non-hydrogen) atoms. The Bertz CT molecular complexity index is 659. The fourth-order valence-corrected chi connectivity index (χ4v) is 2.48. The van der Waals surface area contributed by atoms with Crippen LogP contribution in [0.5, 0.6) is 0 Å². The van der Waals surface area contributed by atoms with Crippen LogP contribution in [-0.4, -0.2) is 22.2 Å². The Morgan fingerprint density at radius 2 is 1.90 bits per heavy atom. The molecule has 0 saturated heterocycles. The molecule has 0 unspecified atom stereocenters. The van der Waals surface area contributed by atoms with Gasteiger partial charge in [0.15, 0.2) is 0 Å². The highest BCUT2D eigenvalue weighted by Gasteiger charge is 2.11. The van der Waals surface area contributed by atoms with E-state index < -0.39 is 11.9 Å². The lowest BCUT2D eigenvalue weighted by molar-refractivity contribution is 0.0658. The molecule has 0 bridgehead atoms. The van der Waals surface area contributed by atoms with Crippen molar-refractivity contribution in [1.29, 1.82) is 0 Å². The van der Waals surface area contributed by atoms with E-state index in [-0.39, 0.29) is 11.3 Å². The number of carboxylic acids is 2. The quantitative estimate of drug-likeness (QED) is 0.822. The largest absolute Gasteiger partial charge is 0.478 e. The molecule has 6 heteroatoms. The first-order valence-electron chi connectivity index (χ1n) is 5.76. The predicted molar refractivity (Wildman–Crippen MR) is 73.4 cm³/mol. The fourth-order valence-electron chi connectivity index (χ4n) is 1.65. The molecule has 1 heterocycles. The van der Waals surface area contributed by atoms with Gasteiger partial charge in [-0.25, -0.2) is 9.59 Å². The molecular weight excluding hydrogens is 280 g/mol. The van der Waals surface area contributed by atoms with Crippen LogP contribution in [0.15, 0.2) is 39.6 Å². The van der Waals surface area contributed by atoms with Crippen molar-refractivity contribution in [2.24, 2.45) is 0 Å². The molecule has 0 aliphatic rings. The van der Waals surface area contributed by atoms with E-state index in [2.05, 4.69) is 0 Å². The Morgan fingerprint density at radius 3 is 2.50 bits per heavy atom. The van der Waals surface area contributed by atoms with Crippen molar-refractivity contribution in [1.82, 2.24) is 0 Å². The molecule has 0 aliphatic carbocycles. The maximum Gasteiger partial charge on any atom is 0.371 e. The zero-order chi connectivity index (χ0) is 14.7. The van der Waals surface area contributed by atoms with Crippen molar-refractivity contribution in [2.75, 3.05) is 0 Å². The predicted octanol–water partition coefficient (Wildman–Crippen LogP) is 3.28. The summed E-state index contributed by atoms with van der Waals surface area (Å²) in [6, 6.07) is 8.17. The summed E-state index contributed by atoms with van der Waals surface area (Å²) in [5.74, 6) is -1.20. The van der Waals surface area contributed by atoms with Crippen LogP contribution in [-0.2, 0) is 5.75 Å². The molecule has 5 nitrogen and oxygen atoms in total. The van der Waals surface area contributed by atoms with Gasteiger partial charge in [0, 0.05) is 4.90 Å². The average Bonchev–Trinajstić information content (AvgIpc) is 2.86. The van der Waals surface area contributed by atoms with Crippen molar-refractivity contribution in [2.45, 2.75) is 17.6 Å². The summed E-state index contributed by atoms with van der Waals surface area (Å²) in [5.41, 5.74) is 0.966. The van der Waals surface area contributed by atoms with Crippen molar-refractivity contribution in [3.8, 4) is 0 Å². The second kappa shape index (κ2) is 5.83. The SMILES string of the molecule is Cc1ccc(SCc2ccc(C(=O)O)o2)cc1C(=O)O. The molecule has 0 aliphatic heterocycles. The first kappa shape index (κ1) is 14.2. The van der Waals surface area contributed by atoms with Crippen LogP contribution < -0.4 is 0 Å². The number of thioether (sulfide) groups is 1. The molecule has 0 spiro atoms. The van der Waals surface area contributed by atoms with E-state index in [9.17, 15) is 9.59 Å². The summed E-state index contributed by atoms with van der Waals surface area (Å²) < 4.78 is 5.13. The number of furan rings is 1. The smallest absolute Gasteiger partial charge is 0.371 e. The van der Waals surface area contributed by atoms with Crippen molar-refractivity contribution < 1.29 is 24.2 Å². The lowest BCUT2D eigenvalue weighted by Crippen LogP contribution is -1.99. The van der Waals surface area contributed by atoms with E-state index in [0.717, 1.165) is 4.90 Å². The molecule has 104 valence electrons. The second-order valence-corrected chi connectivity index (χ2v) is 5.19. The zero-order valence-electron chi connectivity index (χ0n) is 10.6. The summed E-state index contributed by atoms with van der Waals surface area (Å²) in [7, 11) is 0. The van der Waals surface area contributed by atoms with Crippen molar-refractivity contribution >= 4 is 23.7 Å². The van der Waals surface area contributed by atoms with E-state index in [1.165, 1.54) is 17.8 Å². The minimum Gasteiger partial charge on any atom is -0.478 e. The molecule has 2 N–H and O–H groups in total. The summed E-state index contributed by atoms with van der Waals surface area (Å²) in [6.45, 7) is 1.74. The third-order valence-electron chi connectivity index (χ3n) is 2.69. The third kappa shape index (κ3) is 3.21. The standard InChI is InChI=1S/C14H12O5S/c1-8-2-4-10(6-11(8)13(15)16)20-7-9-3-5-12(19-9)14(17)18/h2-6H,7H2,1H3,(H,15,16)(H,17,18). The Balaban J connectivity index is 2.08. The van der Waals surface area contributed by atoms with Gasteiger partial charge >= 0.3 is 11.9 Å². The topological polar surface area (TPSA) is 87.7 Å². The number of aromatic carboxylic acids is 2. The molecule has 0 amide bonds. The number of carbonyl (C=O) groups is 2. The van der Waals surface area contributed by atoms with E-state index >= 15 is 0 Å². The minimum absolute atomic E-state index is 0.101.